The highest BCUT2D eigenvalue weighted by molar-refractivity contribution is 7.99. The van der Waals surface area contributed by atoms with Crippen LogP contribution in [0.3, 0.4) is 0 Å². The summed E-state index contributed by atoms with van der Waals surface area (Å²) in [6.45, 7) is 3.49. The maximum atomic E-state index is 12.2. The van der Waals surface area contributed by atoms with Crippen molar-refractivity contribution < 1.29 is 14.3 Å². The van der Waals surface area contributed by atoms with Gasteiger partial charge in [0.25, 0.3) is 5.91 Å². The van der Waals surface area contributed by atoms with Gasteiger partial charge in [-0.25, -0.2) is 9.97 Å². The van der Waals surface area contributed by atoms with Crippen molar-refractivity contribution in [3.05, 3.63) is 52.8 Å². The minimum atomic E-state index is -0.457. The Balaban J connectivity index is 1.45. The summed E-state index contributed by atoms with van der Waals surface area (Å²) in [5.74, 6) is -0.665. The Morgan fingerprint density at radius 3 is 2.74 bits per heavy atom. The van der Waals surface area contributed by atoms with Crippen LogP contribution in [0.15, 0.2) is 35.5 Å². The van der Waals surface area contributed by atoms with E-state index in [2.05, 4.69) is 21.4 Å². The first-order chi connectivity index (χ1) is 13.0. The van der Waals surface area contributed by atoms with Crippen LogP contribution in [-0.4, -0.2) is 34.2 Å². The van der Waals surface area contributed by atoms with Crippen LogP contribution in [0.4, 0.5) is 0 Å². The zero-order valence-electron chi connectivity index (χ0n) is 15.5. The van der Waals surface area contributed by atoms with Crippen molar-refractivity contribution in [1.29, 1.82) is 0 Å². The van der Waals surface area contributed by atoms with Crippen molar-refractivity contribution in [2.24, 2.45) is 0 Å². The lowest BCUT2D eigenvalue weighted by atomic mass is 9.88. The number of rotatable bonds is 6. The third kappa shape index (κ3) is 5.53. The Morgan fingerprint density at radius 1 is 1.22 bits per heavy atom. The number of thioether (sulfide) groups is 1. The second-order valence-corrected chi connectivity index (χ2v) is 7.54. The fourth-order valence-corrected chi connectivity index (χ4v) is 3.96. The van der Waals surface area contributed by atoms with Crippen molar-refractivity contribution in [1.82, 2.24) is 15.3 Å². The molecule has 0 bridgehead atoms. The van der Waals surface area contributed by atoms with Crippen LogP contribution >= 0.6 is 11.8 Å². The van der Waals surface area contributed by atoms with Gasteiger partial charge >= 0.3 is 5.97 Å². The molecule has 1 atom stereocenters. The molecular weight excluding hydrogens is 362 g/mol. The van der Waals surface area contributed by atoms with E-state index in [1.54, 1.807) is 0 Å². The number of hydrogen-bond donors (Lipinski definition) is 1. The fraction of sp³-hybridized carbons (Fsp3) is 0.400. The van der Waals surface area contributed by atoms with Crippen molar-refractivity contribution in [2.75, 3.05) is 12.4 Å². The molecule has 1 aliphatic carbocycles. The standard InChI is InChI=1S/C20H23N3O3S/c1-13-10-14(2)22-20(21-13)27-12-19(25)26-11-18(24)23-17-9-5-7-15-6-3-4-8-16(15)17/h3-4,6,8,10,17H,5,7,9,11-12H2,1-2H3,(H,23,24). The highest BCUT2D eigenvalue weighted by Crippen LogP contribution is 2.29. The number of ether oxygens (including phenoxy) is 1. The molecule has 0 aliphatic heterocycles. The zero-order chi connectivity index (χ0) is 19.2. The van der Waals surface area contributed by atoms with Gasteiger partial charge in [-0.1, -0.05) is 36.0 Å². The van der Waals surface area contributed by atoms with Crippen LogP contribution in [0.2, 0.25) is 0 Å². The summed E-state index contributed by atoms with van der Waals surface area (Å²) in [6.07, 6.45) is 2.97. The van der Waals surface area contributed by atoms with E-state index in [9.17, 15) is 9.59 Å². The summed E-state index contributed by atoms with van der Waals surface area (Å²) in [6, 6.07) is 10.00. The highest BCUT2D eigenvalue weighted by atomic mass is 32.2. The third-order valence-electron chi connectivity index (χ3n) is 4.35. The van der Waals surface area contributed by atoms with Crippen LogP contribution in [0, 0.1) is 13.8 Å². The number of fused-ring (bicyclic) bond motifs is 1. The van der Waals surface area contributed by atoms with Gasteiger partial charge in [-0.15, -0.1) is 0 Å². The van der Waals surface area contributed by atoms with E-state index >= 15 is 0 Å². The van der Waals surface area contributed by atoms with Crippen LogP contribution in [-0.2, 0) is 20.7 Å². The summed E-state index contributed by atoms with van der Waals surface area (Å²) in [4.78, 5) is 32.6. The van der Waals surface area contributed by atoms with Gasteiger partial charge in [0.05, 0.1) is 11.8 Å². The Morgan fingerprint density at radius 2 is 1.96 bits per heavy atom. The molecule has 1 aliphatic rings. The SMILES string of the molecule is Cc1cc(C)nc(SCC(=O)OCC(=O)NC2CCCc3ccccc32)n1. The van der Waals surface area contributed by atoms with Gasteiger partial charge in [-0.2, -0.15) is 0 Å². The molecule has 2 aromatic rings. The zero-order valence-corrected chi connectivity index (χ0v) is 16.3. The van der Waals surface area contributed by atoms with E-state index in [1.165, 1.54) is 17.3 Å². The molecule has 1 aromatic heterocycles. The number of aryl methyl sites for hydroxylation is 3. The Labute approximate surface area is 163 Å². The second kappa shape index (κ2) is 8.99. The summed E-state index contributed by atoms with van der Waals surface area (Å²) in [5, 5.41) is 3.51. The number of benzene rings is 1. The summed E-state index contributed by atoms with van der Waals surface area (Å²) >= 11 is 1.21. The van der Waals surface area contributed by atoms with Gasteiger partial charge in [-0.3, -0.25) is 9.59 Å². The third-order valence-corrected chi connectivity index (χ3v) is 5.17. The summed E-state index contributed by atoms with van der Waals surface area (Å²) in [5.41, 5.74) is 4.14. The lowest BCUT2D eigenvalue weighted by Crippen LogP contribution is -2.34. The molecule has 0 saturated heterocycles. The summed E-state index contributed by atoms with van der Waals surface area (Å²) < 4.78 is 5.09. The predicted octanol–water partition coefficient (Wildman–Crippen LogP) is 2.92. The van der Waals surface area contributed by atoms with Crippen LogP contribution in [0.1, 0.15) is 41.4 Å². The topological polar surface area (TPSA) is 81.2 Å². The number of hydrogen-bond acceptors (Lipinski definition) is 6. The molecule has 1 unspecified atom stereocenters. The average molecular weight is 385 g/mol. The molecule has 3 rings (SSSR count). The second-order valence-electron chi connectivity index (χ2n) is 6.59. The summed E-state index contributed by atoms with van der Waals surface area (Å²) in [7, 11) is 0. The minimum absolute atomic E-state index is 0.0146. The lowest BCUT2D eigenvalue weighted by Gasteiger charge is -2.26. The van der Waals surface area contributed by atoms with Crippen molar-refractivity contribution in [2.45, 2.75) is 44.3 Å². The smallest absolute Gasteiger partial charge is 0.316 e. The predicted molar refractivity (Wildman–Crippen MR) is 103 cm³/mol. The van der Waals surface area contributed by atoms with E-state index in [1.807, 2.05) is 38.1 Å². The van der Waals surface area contributed by atoms with Gasteiger partial charge in [0.15, 0.2) is 11.8 Å². The molecule has 0 fully saturated rings. The van der Waals surface area contributed by atoms with E-state index in [0.717, 1.165) is 36.2 Å². The average Bonchev–Trinajstić information content (AvgIpc) is 2.64. The van der Waals surface area contributed by atoms with Gasteiger partial charge in [0.1, 0.15) is 0 Å². The molecule has 0 saturated carbocycles. The van der Waals surface area contributed by atoms with Gasteiger partial charge < -0.3 is 10.1 Å². The largest absolute Gasteiger partial charge is 0.455 e. The highest BCUT2D eigenvalue weighted by Gasteiger charge is 2.21. The molecule has 1 N–H and O–H groups in total. The van der Waals surface area contributed by atoms with Gasteiger partial charge in [-0.05, 0) is 50.3 Å². The maximum Gasteiger partial charge on any atom is 0.316 e. The van der Waals surface area contributed by atoms with Crippen LogP contribution < -0.4 is 5.32 Å². The first kappa shape index (κ1) is 19.4. The Kier molecular flexibility index (Phi) is 6.45. The molecular formula is C20H23N3O3S. The first-order valence-electron chi connectivity index (χ1n) is 8.99. The number of nitrogens with one attached hydrogen (secondary N) is 1. The molecule has 142 valence electrons. The molecule has 6 nitrogen and oxygen atoms in total. The number of carbonyl (C=O) groups is 2. The molecule has 0 radical (unpaired) electrons. The minimum Gasteiger partial charge on any atom is -0.455 e. The van der Waals surface area contributed by atoms with Crippen molar-refractivity contribution in [3.8, 4) is 0 Å². The number of carbonyl (C=O) groups excluding carboxylic acids is 2. The molecule has 1 heterocycles. The normalized spacial score (nSPS) is 15.7. The van der Waals surface area contributed by atoms with E-state index in [4.69, 9.17) is 4.74 Å². The van der Waals surface area contributed by atoms with Crippen molar-refractivity contribution in [3.63, 3.8) is 0 Å². The molecule has 1 amide bonds. The van der Waals surface area contributed by atoms with Crippen LogP contribution in [0.25, 0.3) is 0 Å². The fourth-order valence-electron chi connectivity index (χ4n) is 3.21. The molecule has 7 heteroatoms. The Bertz CT molecular complexity index is 821. The molecule has 27 heavy (non-hydrogen) atoms. The molecule has 1 aromatic carbocycles. The lowest BCUT2D eigenvalue weighted by molar-refractivity contribution is -0.146. The Hall–Kier alpha value is -2.41. The van der Waals surface area contributed by atoms with E-state index in [0.29, 0.717) is 5.16 Å². The van der Waals surface area contributed by atoms with Gasteiger partial charge in [0, 0.05) is 11.4 Å². The van der Waals surface area contributed by atoms with E-state index < -0.39 is 5.97 Å². The monoisotopic (exact) mass is 385 g/mol. The first-order valence-corrected chi connectivity index (χ1v) is 9.97. The number of aromatic nitrogens is 2. The number of nitrogens with zero attached hydrogens (tertiary/aromatic N) is 2. The van der Waals surface area contributed by atoms with Crippen LogP contribution in [0.5, 0.6) is 0 Å². The van der Waals surface area contributed by atoms with E-state index in [-0.39, 0.29) is 24.3 Å². The van der Waals surface area contributed by atoms with Gasteiger partial charge in [0.2, 0.25) is 0 Å². The van der Waals surface area contributed by atoms with Crippen molar-refractivity contribution >= 4 is 23.6 Å². The number of amides is 1. The molecule has 0 spiro atoms. The quantitative estimate of drug-likeness (QED) is 0.468. The number of esters is 1. The maximum absolute atomic E-state index is 12.2.